The maximum atomic E-state index is 13.0. The lowest BCUT2D eigenvalue weighted by molar-refractivity contribution is -0.121. The monoisotopic (exact) mass is 399 g/mol. The highest BCUT2D eigenvalue weighted by molar-refractivity contribution is 6.33. The second kappa shape index (κ2) is 7.07. The molecule has 3 aromatic rings. The minimum absolute atomic E-state index is 0.0225. The Kier molecular flexibility index (Phi) is 4.72. The molecule has 8 heteroatoms. The molecule has 1 aromatic carbocycles. The molecule has 146 valence electrons. The van der Waals surface area contributed by atoms with Crippen LogP contribution in [0.5, 0.6) is 0 Å². The molecule has 0 spiro atoms. The van der Waals surface area contributed by atoms with Gasteiger partial charge in [0.2, 0.25) is 11.6 Å². The molecule has 1 fully saturated rings. The summed E-state index contributed by atoms with van der Waals surface area (Å²) in [7, 11) is 1.89. The summed E-state index contributed by atoms with van der Waals surface area (Å²) in [6.45, 7) is 4.83. The molecule has 0 unspecified atom stereocenters. The quantitative estimate of drug-likeness (QED) is 0.724. The van der Waals surface area contributed by atoms with Crippen molar-refractivity contribution in [2.45, 2.75) is 32.9 Å². The molecule has 7 nitrogen and oxygen atoms in total. The number of nitrogen functional groups attached to an aromatic ring is 1. The lowest BCUT2D eigenvalue weighted by atomic mass is 10.2. The molecule has 28 heavy (non-hydrogen) atoms. The van der Waals surface area contributed by atoms with Crippen LogP contribution in [-0.4, -0.2) is 40.4 Å². The zero-order valence-corrected chi connectivity index (χ0v) is 16.8. The number of benzene rings is 1. The van der Waals surface area contributed by atoms with E-state index in [1.165, 1.54) is 0 Å². The Morgan fingerprint density at radius 2 is 2.07 bits per heavy atom. The van der Waals surface area contributed by atoms with Crippen LogP contribution >= 0.6 is 11.6 Å². The molecule has 0 bridgehead atoms. The minimum atomic E-state index is -0.267. The standard InChI is InChI=1S/C20H22ClN5O2/c1-11-12(2)28-19-17(11)18(22)23-16(24-19)10-25(3)15-8-9-26(20(15)27)14-7-5-4-6-13(14)21/h4-7,15H,8-10H2,1-3H3,(H2,22,23,24)/t15-/m1/s1. The van der Waals surface area contributed by atoms with Crippen LogP contribution in [0.1, 0.15) is 23.6 Å². The molecule has 0 aliphatic carbocycles. The Hall–Kier alpha value is -2.64. The molecule has 1 aliphatic rings. The number of hydrogen-bond acceptors (Lipinski definition) is 6. The number of fused-ring (bicyclic) bond motifs is 1. The largest absolute Gasteiger partial charge is 0.443 e. The van der Waals surface area contributed by atoms with E-state index in [0.29, 0.717) is 41.9 Å². The lowest BCUT2D eigenvalue weighted by Gasteiger charge is -2.23. The Morgan fingerprint density at radius 3 is 2.82 bits per heavy atom. The lowest BCUT2D eigenvalue weighted by Crippen LogP contribution is -2.39. The van der Waals surface area contributed by atoms with E-state index in [0.717, 1.165) is 22.4 Å². The van der Waals surface area contributed by atoms with Gasteiger partial charge in [0.05, 0.1) is 28.7 Å². The van der Waals surface area contributed by atoms with Gasteiger partial charge in [0.15, 0.2) is 0 Å². The first-order valence-electron chi connectivity index (χ1n) is 9.15. The van der Waals surface area contributed by atoms with Crippen LogP contribution in [0.15, 0.2) is 28.7 Å². The summed E-state index contributed by atoms with van der Waals surface area (Å²) in [5.74, 6) is 1.74. The van der Waals surface area contributed by atoms with E-state index in [-0.39, 0.29) is 11.9 Å². The Balaban J connectivity index is 1.54. The number of carbonyl (C=O) groups is 1. The molecule has 1 aliphatic heterocycles. The number of furan rings is 1. The van der Waals surface area contributed by atoms with Crippen molar-refractivity contribution < 1.29 is 9.21 Å². The summed E-state index contributed by atoms with van der Waals surface area (Å²) in [6, 6.07) is 7.12. The zero-order chi connectivity index (χ0) is 20.0. The maximum absolute atomic E-state index is 13.0. The number of rotatable bonds is 4. The van der Waals surface area contributed by atoms with Gasteiger partial charge in [-0.05, 0) is 39.4 Å². The van der Waals surface area contributed by atoms with Gasteiger partial charge >= 0.3 is 0 Å². The van der Waals surface area contributed by atoms with E-state index >= 15 is 0 Å². The third kappa shape index (κ3) is 3.10. The third-order valence-electron chi connectivity index (χ3n) is 5.35. The fourth-order valence-corrected chi connectivity index (χ4v) is 3.95. The van der Waals surface area contributed by atoms with Crippen molar-refractivity contribution in [3.8, 4) is 0 Å². The number of carbonyl (C=O) groups excluding carboxylic acids is 1. The summed E-state index contributed by atoms with van der Waals surface area (Å²) in [4.78, 5) is 25.6. The number of aromatic nitrogens is 2. The van der Waals surface area contributed by atoms with Crippen molar-refractivity contribution in [3.63, 3.8) is 0 Å². The highest BCUT2D eigenvalue weighted by Crippen LogP contribution is 2.31. The highest BCUT2D eigenvalue weighted by Gasteiger charge is 2.36. The van der Waals surface area contributed by atoms with Crippen LogP contribution in [0.25, 0.3) is 11.1 Å². The average molecular weight is 400 g/mol. The Bertz CT molecular complexity index is 1060. The first-order chi connectivity index (χ1) is 13.4. The Labute approximate surface area is 168 Å². The predicted octanol–water partition coefficient (Wildman–Crippen LogP) is 3.31. The number of para-hydroxylation sites is 1. The number of anilines is 2. The molecular weight excluding hydrogens is 378 g/mol. The van der Waals surface area contributed by atoms with E-state index in [4.69, 9.17) is 21.8 Å². The van der Waals surface area contributed by atoms with Gasteiger partial charge in [-0.1, -0.05) is 23.7 Å². The minimum Gasteiger partial charge on any atom is -0.443 e. The molecule has 1 saturated heterocycles. The first kappa shape index (κ1) is 18.7. The molecule has 0 radical (unpaired) electrons. The molecule has 4 rings (SSSR count). The first-order valence-corrected chi connectivity index (χ1v) is 9.53. The number of halogens is 1. The van der Waals surface area contributed by atoms with Crippen molar-refractivity contribution in [1.29, 1.82) is 0 Å². The van der Waals surface area contributed by atoms with E-state index in [1.807, 2.05) is 44.0 Å². The fraction of sp³-hybridized carbons (Fsp3) is 0.350. The number of likely N-dealkylation sites (N-methyl/N-ethyl adjacent to an activating group) is 1. The maximum Gasteiger partial charge on any atom is 0.244 e. The van der Waals surface area contributed by atoms with Gasteiger partial charge in [-0.15, -0.1) is 0 Å². The van der Waals surface area contributed by atoms with E-state index in [1.54, 1.807) is 11.0 Å². The zero-order valence-electron chi connectivity index (χ0n) is 16.1. The molecule has 1 amide bonds. The summed E-state index contributed by atoms with van der Waals surface area (Å²) in [5.41, 5.74) is 8.31. The topological polar surface area (TPSA) is 88.5 Å². The molecular formula is C20H22ClN5O2. The van der Waals surface area contributed by atoms with Gasteiger partial charge in [-0.25, -0.2) is 4.98 Å². The SMILES string of the molecule is Cc1oc2nc(CN(C)[C@@H]3CCN(c4ccccc4Cl)C3=O)nc(N)c2c1C. The fourth-order valence-electron chi connectivity index (χ4n) is 3.71. The van der Waals surface area contributed by atoms with Gasteiger partial charge in [-0.2, -0.15) is 4.98 Å². The second-order valence-electron chi connectivity index (χ2n) is 7.15. The van der Waals surface area contributed by atoms with E-state index in [2.05, 4.69) is 9.97 Å². The molecule has 2 N–H and O–H groups in total. The van der Waals surface area contributed by atoms with Crippen molar-refractivity contribution in [2.75, 3.05) is 24.2 Å². The molecule has 2 aromatic heterocycles. The number of hydrogen-bond donors (Lipinski definition) is 1. The normalized spacial score (nSPS) is 17.2. The van der Waals surface area contributed by atoms with Crippen molar-refractivity contribution in [1.82, 2.24) is 14.9 Å². The van der Waals surface area contributed by atoms with Gasteiger partial charge < -0.3 is 15.1 Å². The number of nitrogens with zero attached hydrogens (tertiary/aromatic N) is 4. The molecule has 1 atom stereocenters. The second-order valence-corrected chi connectivity index (χ2v) is 7.56. The van der Waals surface area contributed by atoms with Gasteiger partial charge in [0.25, 0.3) is 0 Å². The number of aryl methyl sites for hydroxylation is 2. The van der Waals surface area contributed by atoms with Crippen molar-refractivity contribution in [2.24, 2.45) is 0 Å². The van der Waals surface area contributed by atoms with Crippen LogP contribution in [0.3, 0.4) is 0 Å². The van der Waals surface area contributed by atoms with Crippen molar-refractivity contribution >= 4 is 40.1 Å². The highest BCUT2D eigenvalue weighted by atomic mass is 35.5. The summed E-state index contributed by atoms with van der Waals surface area (Å²) < 4.78 is 5.70. The van der Waals surface area contributed by atoms with Crippen LogP contribution in [0, 0.1) is 13.8 Å². The van der Waals surface area contributed by atoms with E-state index in [9.17, 15) is 4.79 Å². The summed E-state index contributed by atoms with van der Waals surface area (Å²) in [6.07, 6.45) is 0.706. The Morgan fingerprint density at radius 1 is 1.32 bits per heavy atom. The average Bonchev–Trinajstić information content (AvgIpc) is 3.15. The smallest absolute Gasteiger partial charge is 0.244 e. The molecule has 3 heterocycles. The number of nitrogens with two attached hydrogens (primary N) is 1. The summed E-state index contributed by atoms with van der Waals surface area (Å²) >= 11 is 6.26. The predicted molar refractivity (Wildman–Crippen MR) is 109 cm³/mol. The van der Waals surface area contributed by atoms with Gasteiger partial charge in [0.1, 0.15) is 17.4 Å². The van der Waals surface area contributed by atoms with Gasteiger partial charge in [-0.3, -0.25) is 9.69 Å². The molecule has 0 saturated carbocycles. The van der Waals surface area contributed by atoms with Crippen LogP contribution in [0.2, 0.25) is 5.02 Å². The van der Waals surface area contributed by atoms with Gasteiger partial charge in [0, 0.05) is 12.1 Å². The third-order valence-corrected chi connectivity index (χ3v) is 5.67. The van der Waals surface area contributed by atoms with E-state index < -0.39 is 0 Å². The van der Waals surface area contributed by atoms with Crippen LogP contribution in [-0.2, 0) is 11.3 Å². The van der Waals surface area contributed by atoms with Crippen LogP contribution < -0.4 is 10.6 Å². The summed E-state index contributed by atoms with van der Waals surface area (Å²) in [5, 5.41) is 1.33. The van der Waals surface area contributed by atoms with Crippen molar-refractivity contribution in [3.05, 3.63) is 46.4 Å². The van der Waals surface area contributed by atoms with Crippen LogP contribution in [0.4, 0.5) is 11.5 Å². The number of amides is 1.